The molecule has 2 heterocycles. The van der Waals surface area contributed by atoms with Crippen LogP contribution in [0.3, 0.4) is 0 Å². The van der Waals surface area contributed by atoms with E-state index < -0.39 is 0 Å². The van der Waals surface area contributed by atoms with Crippen LogP contribution in [0, 0.1) is 0 Å². The first-order valence-electron chi connectivity index (χ1n) is 8.15. The molecule has 4 rings (SSSR count). The number of hydrogen-bond donors (Lipinski definition) is 1. The second-order valence-corrected chi connectivity index (χ2v) is 6.85. The van der Waals surface area contributed by atoms with E-state index in [9.17, 15) is 9.90 Å². The van der Waals surface area contributed by atoms with Crippen LogP contribution >= 0.6 is 0 Å². The number of rotatable bonds is 1. The normalized spacial score (nSPS) is 23.7. The second kappa shape index (κ2) is 4.85. The maximum atomic E-state index is 13.2. The fourth-order valence-electron chi connectivity index (χ4n) is 4.20. The molecule has 1 amide bonds. The predicted octanol–water partition coefficient (Wildman–Crippen LogP) is 2.70. The van der Waals surface area contributed by atoms with Crippen LogP contribution in [-0.4, -0.2) is 38.7 Å². The molecule has 2 aromatic rings. The summed E-state index contributed by atoms with van der Waals surface area (Å²) in [5, 5.41) is 11.0. The molecule has 1 aliphatic carbocycles. The summed E-state index contributed by atoms with van der Waals surface area (Å²) in [6.07, 6.45) is 6.34. The Hall–Kier alpha value is -1.81. The molecule has 4 nitrogen and oxygen atoms in total. The van der Waals surface area contributed by atoms with E-state index >= 15 is 0 Å². The zero-order valence-electron chi connectivity index (χ0n) is 13.0. The smallest absolute Gasteiger partial charge is 0.256 e. The van der Waals surface area contributed by atoms with Crippen molar-refractivity contribution >= 4 is 16.8 Å². The SMILES string of the molecule is Cn1cc(C(=O)N2CC[C@H](O)CC23CCC3)c2ccccc21. The van der Waals surface area contributed by atoms with Crippen LogP contribution < -0.4 is 0 Å². The van der Waals surface area contributed by atoms with Crippen molar-refractivity contribution in [3.63, 3.8) is 0 Å². The molecular weight excluding hydrogens is 276 g/mol. The molecule has 4 heteroatoms. The minimum atomic E-state index is -0.253. The summed E-state index contributed by atoms with van der Waals surface area (Å²) in [6.45, 7) is 0.670. The monoisotopic (exact) mass is 298 g/mol. The van der Waals surface area contributed by atoms with Crippen LogP contribution in [0.25, 0.3) is 10.9 Å². The number of aliphatic hydroxyl groups is 1. The number of aliphatic hydroxyl groups excluding tert-OH is 1. The zero-order chi connectivity index (χ0) is 15.3. The third-order valence-corrected chi connectivity index (χ3v) is 5.53. The van der Waals surface area contributed by atoms with Crippen LogP contribution in [0.1, 0.15) is 42.5 Å². The van der Waals surface area contributed by atoms with Gasteiger partial charge in [-0.2, -0.15) is 0 Å². The Balaban J connectivity index is 1.74. The van der Waals surface area contributed by atoms with E-state index in [-0.39, 0.29) is 17.6 Å². The first-order valence-corrected chi connectivity index (χ1v) is 8.15. The highest BCUT2D eigenvalue weighted by Crippen LogP contribution is 2.45. The van der Waals surface area contributed by atoms with Crippen molar-refractivity contribution in [2.24, 2.45) is 7.05 Å². The van der Waals surface area contributed by atoms with Gasteiger partial charge in [0.15, 0.2) is 0 Å². The lowest BCUT2D eigenvalue weighted by Crippen LogP contribution is -2.61. The van der Waals surface area contributed by atoms with Gasteiger partial charge in [0.05, 0.1) is 11.7 Å². The van der Waals surface area contributed by atoms with Gasteiger partial charge < -0.3 is 14.6 Å². The Morgan fingerprint density at radius 1 is 1.32 bits per heavy atom. The Morgan fingerprint density at radius 2 is 2.09 bits per heavy atom. The average Bonchev–Trinajstić information content (AvgIpc) is 2.82. The van der Waals surface area contributed by atoms with Gasteiger partial charge in [0.2, 0.25) is 0 Å². The lowest BCUT2D eigenvalue weighted by atomic mass is 9.69. The van der Waals surface area contributed by atoms with Gasteiger partial charge in [-0.05, 0) is 38.2 Å². The molecular formula is C18H22N2O2. The molecule has 2 aliphatic rings. The Morgan fingerprint density at radius 3 is 2.82 bits per heavy atom. The lowest BCUT2D eigenvalue weighted by Gasteiger charge is -2.54. The molecule has 1 atom stereocenters. The van der Waals surface area contributed by atoms with Crippen molar-refractivity contribution in [1.82, 2.24) is 9.47 Å². The fourth-order valence-corrected chi connectivity index (χ4v) is 4.20. The summed E-state index contributed by atoms with van der Waals surface area (Å²) < 4.78 is 2.02. The standard InChI is InChI=1S/C18H22N2O2/c1-19-12-15(14-5-2-3-6-16(14)19)17(22)20-10-7-13(21)11-18(20)8-4-9-18/h2-3,5-6,12-13,21H,4,7-11H2,1H3/t13-/m0/s1. The number of nitrogens with zero attached hydrogens (tertiary/aromatic N) is 2. The van der Waals surface area contributed by atoms with Crippen molar-refractivity contribution < 1.29 is 9.90 Å². The molecule has 116 valence electrons. The van der Waals surface area contributed by atoms with Crippen molar-refractivity contribution in [3.8, 4) is 0 Å². The molecule has 0 radical (unpaired) electrons. The summed E-state index contributed by atoms with van der Waals surface area (Å²) in [6, 6.07) is 8.06. The number of piperidine rings is 1. The number of aryl methyl sites for hydroxylation is 1. The molecule has 22 heavy (non-hydrogen) atoms. The Labute approximate surface area is 130 Å². The van der Waals surface area contributed by atoms with Crippen LogP contribution in [0.2, 0.25) is 0 Å². The first-order chi connectivity index (χ1) is 10.6. The zero-order valence-corrected chi connectivity index (χ0v) is 13.0. The molecule has 1 spiro atoms. The predicted molar refractivity (Wildman–Crippen MR) is 85.8 cm³/mol. The topological polar surface area (TPSA) is 45.5 Å². The van der Waals surface area contributed by atoms with E-state index in [2.05, 4.69) is 0 Å². The number of benzene rings is 1. The molecule has 1 saturated carbocycles. The van der Waals surface area contributed by atoms with Gasteiger partial charge in [-0.3, -0.25) is 4.79 Å². The van der Waals surface area contributed by atoms with Gasteiger partial charge in [0.25, 0.3) is 5.91 Å². The third kappa shape index (κ3) is 1.90. The Kier molecular flexibility index (Phi) is 3.05. The van der Waals surface area contributed by atoms with E-state index in [4.69, 9.17) is 0 Å². The molecule has 0 bridgehead atoms. The maximum Gasteiger partial charge on any atom is 0.256 e. The van der Waals surface area contributed by atoms with E-state index in [0.29, 0.717) is 13.0 Å². The van der Waals surface area contributed by atoms with Crippen molar-refractivity contribution in [1.29, 1.82) is 0 Å². The van der Waals surface area contributed by atoms with Crippen molar-refractivity contribution in [2.75, 3.05) is 6.54 Å². The van der Waals surface area contributed by atoms with Crippen molar-refractivity contribution in [3.05, 3.63) is 36.0 Å². The summed E-state index contributed by atoms with van der Waals surface area (Å²) in [5.74, 6) is 0.128. The van der Waals surface area contributed by atoms with Gasteiger partial charge >= 0.3 is 0 Å². The quantitative estimate of drug-likeness (QED) is 0.880. The van der Waals surface area contributed by atoms with Gasteiger partial charge in [-0.15, -0.1) is 0 Å². The molecule has 1 N–H and O–H groups in total. The molecule has 1 aromatic carbocycles. The van der Waals surface area contributed by atoms with Gasteiger partial charge in [0.1, 0.15) is 0 Å². The second-order valence-electron chi connectivity index (χ2n) is 6.85. The summed E-state index contributed by atoms with van der Waals surface area (Å²) >= 11 is 0. The van der Waals surface area contributed by atoms with Gasteiger partial charge in [-0.1, -0.05) is 18.2 Å². The average molecular weight is 298 g/mol. The minimum absolute atomic E-state index is 0.0916. The van der Waals surface area contributed by atoms with Crippen molar-refractivity contribution in [2.45, 2.75) is 43.7 Å². The highest BCUT2D eigenvalue weighted by molar-refractivity contribution is 6.07. The minimum Gasteiger partial charge on any atom is -0.393 e. The number of hydrogen-bond acceptors (Lipinski definition) is 2. The van der Waals surface area contributed by atoms with E-state index in [0.717, 1.165) is 42.1 Å². The highest BCUT2D eigenvalue weighted by Gasteiger charge is 2.48. The molecule has 2 fully saturated rings. The molecule has 1 aliphatic heterocycles. The van der Waals surface area contributed by atoms with Crippen LogP contribution in [-0.2, 0) is 7.05 Å². The Bertz CT molecular complexity index is 730. The van der Waals surface area contributed by atoms with Gasteiger partial charge in [0, 0.05) is 36.2 Å². The number of amides is 1. The fraction of sp³-hybridized carbons (Fsp3) is 0.500. The summed E-state index contributed by atoms with van der Waals surface area (Å²) in [5.41, 5.74) is 1.79. The largest absolute Gasteiger partial charge is 0.393 e. The van der Waals surface area contributed by atoms with E-state index in [1.54, 1.807) is 0 Å². The van der Waals surface area contributed by atoms with Gasteiger partial charge in [-0.25, -0.2) is 0 Å². The van der Waals surface area contributed by atoms with E-state index in [1.807, 2.05) is 47.0 Å². The highest BCUT2D eigenvalue weighted by atomic mass is 16.3. The molecule has 0 unspecified atom stereocenters. The number of carbonyl (C=O) groups excluding carboxylic acids is 1. The summed E-state index contributed by atoms with van der Waals surface area (Å²) in [4.78, 5) is 15.2. The number of para-hydroxylation sites is 1. The van der Waals surface area contributed by atoms with E-state index in [1.165, 1.54) is 0 Å². The third-order valence-electron chi connectivity index (χ3n) is 5.53. The van der Waals surface area contributed by atoms with Crippen LogP contribution in [0.4, 0.5) is 0 Å². The number of fused-ring (bicyclic) bond motifs is 1. The maximum absolute atomic E-state index is 13.2. The number of likely N-dealkylation sites (tertiary alicyclic amines) is 1. The summed E-state index contributed by atoms with van der Waals surface area (Å²) in [7, 11) is 1.98. The molecule has 1 aromatic heterocycles. The molecule has 1 saturated heterocycles. The van der Waals surface area contributed by atoms with Crippen LogP contribution in [0.15, 0.2) is 30.5 Å². The van der Waals surface area contributed by atoms with Crippen LogP contribution in [0.5, 0.6) is 0 Å². The number of carbonyl (C=O) groups is 1. The number of aromatic nitrogens is 1. The first kappa shape index (κ1) is 13.8. The lowest BCUT2D eigenvalue weighted by molar-refractivity contribution is -0.0483.